The van der Waals surface area contributed by atoms with Crippen LogP contribution in [0.1, 0.15) is 55.3 Å². The topological polar surface area (TPSA) is 44.8 Å². The molecule has 3 atom stereocenters. The molecule has 3 rings (SSSR count). The summed E-state index contributed by atoms with van der Waals surface area (Å²) in [5, 5.41) is 0. The predicted octanol–water partition coefficient (Wildman–Crippen LogP) is 5.72. The summed E-state index contributed by atoms with van der Waals surface area (Å²) in [7, 11) is 1.69. The van der Waals surface area contributed by atoms with E-state index >= 15 is 0 Å². The Balaban J connectivity index is 1.82. The van der Waals surface area contributed by atoms with E-state index in [0.29, 0.717) is 13.0 Å². The highest BCUT2D eigenvalue weighted by Crippen LogP contribution is 2.43. The smallest absolute Gasteiger partial charge is 0.184 e. The molecule has 0 radical (unpaired) electrons. The first-order valence-corrected chi connectivity index (χ1v) is 10.2. The molecule has 1 heterocycles. The molecule has 4 nitrogen and oxygen atoms in total. The van der Waals surface area contributed by atoms with Crippen molar-refractivity contribution in [2.75, 3.05) is 13.7 Å². The fourth-order valence-electron chi connectivity index (χ4n) is 3.64. The van der Waals surface area contributed by atoms with Crippen molar-refractivity contribution in [3.63, 3.8) is 0 Å². The van der Waals surface area contributed by atoms with Crippen LogP contribution in [0, 0.1) is 12.8 Å². The summed E-state index contributed by atoms with van der Waals surface area (Å²) in [6, 6.07) is 16.2. The van der Waals surface area contributed by atoms with E-state index in [2.05, 4.69) is 25.1 Å². The van der Waals surface area contributed by atoms with Gasteiger partial charge in [0.05, 0.1) is 19.8 Å². The molecule has 0 unspecified atom stereocenters. The number of Topliss-reactive ketones (excluding diaryl/α,β-unsaturated/α-hetero) is 1. The van der Waals surface area contributed by atoms with Crippen LogP contribution in [0.2, 0.25) is 0 Å². The SMILES string of the molecule is COc1ccc(C)cc1[C@H]1O[C@@H](c2ccccc2)OC[C@H]1C/C=C\CCC(C)=O. The number of allylic oxidation sites excluding steroid dienone is 2. The Labute approximate surface area is 173 Å². The Bertz CT molecular complexity index is 828. The van der Waals surface area contributed by atoms with Crippen molar-refractivity contribution in [1.82, 2.24) is 0 Å². The van der Waals surface area contributed by atoms with E-state index in [0.717, 1.165) is 29.7 Å². The van der Waals surface area contributed by atoms with Crippen LogP contribution in [0.5, 0.6) is 5.75 Å². The van der Waals surface area contributed by atoms with Crippen molar-refractivity contribution in [1.29, 1.82) is 0 Å². The van der Waals surface area contributed by atoms with Crippen molar-refractivity contribution in [2.24, 2.45) is 5.92 Å². The molecule has 29 heavy (non-hydrogen) atoms. The molecule has 4 heteroatoms. The van der Waals surface area contributed by atoms with E-state index in [1.807, 2.05) is 42.5 Å². The third-order valence-corrected chi connectivity index (χ3v) is 5.19. The Morgan fingerprint density at radius 1 is 1.17 bits per heavy atom. The molecular weight excluding hydrogens is 364 g/mol. The van der Waals surface area contributed by atoms with Crippen LogP contribution in [0.15, 0.2) is 60.7 Å². The second-order valence-electron chi connectivity index (χ2n) is 7.59. The number of hydrogen-bond donors (Lipinski definition) is 0. The summed E-state index contributed by atoms with van der Waals surface area (Å²) in [5.41, 5.74) is 3.24. The van der Waals surface area contributed by atoms with Gasteiger partial charge in [-0.05, 0) is 38.8 Å². The van der Waals surface area contributed by atoms with Gasteiger partial charge in [-0.15, -0.1) is 0 Å². The lowest BCUT2D eigenvalue weighted by atomic mass is 9.90. The minimum absolute atomic E-state index is 0.138. The predicted molar refractivity (Wildman–Crippen MR) is 114 cm³/mol. The van der Waals surface area contributed by atoms with Gasteiger partial charge >= 0.3 is 0 Å². The van der Waals surface area contributed by atoms with Gasteiger partial charge in [-0.3, -0.25) is 0 Å². The van der Waals surface area contributed by atoms with E-state index in [1.54, 1.807) is 14.0 Å². The van der Waals surface area contributed by atoms with E-state index in [-0.39, 0.29) is 17.8 Å². The Morgan fingerprint density at radius 3 is 2.69 bits per heavy atom. The Kier molecular flexibility index (Phi) is 7.62. The molecule has 2 aromatic carbocycles. The number of rotatable bonds is 8. The lowest BCUT2D eigenvalue weighted by Gasteiger charge is -2.37. The molecule has 1 aliphatic rings. The van der Waals surface area contributed by atoms with Crippen molar-refractivity contribution >= 4 is 5.78 Å². The van der Waals surface area contributed by atoms with E-state index in [4.69, 9.17) is 14.2 Å². The van der Waals surface area contributed by atoms with Crippen LogP contribution in [-0.2, 0) is 14.3 Å². The van der Waals surface area contributed by atoms with Gasteiger partial charge in [0.2, 0.25) is 0 Å². The second kappa shape index (κ2) is 10.4. The summed E-state index contributed by atoms with van der Waals surface area (Å²) < 4.78 is 18.2. The van der Waals surface area contributed by atoms with Crippen LogP contribution >= 0.6 is 0 Å². The molecule has 0 saturated carbocycles. The highest BCUT2D eigenvalue weighted by atomic mass is 16.7. The lowest BCUT2D eigenvalue weighted by Crippen LogP contribution is -2.30. The summed E-state index contributed by atoms with van der Waals surface area (Å²) in [6.45, 7) is 4.30. The lowest BCUT2D eigenvalue weighted by molar-refractivity contribution is -0.244. The van der Waals surface area contributed by atoms with Gasteiger partial charge in [-0.25, -0.2) is 0 Å². The zero-order valence-electron chi connectivity index (χ0n) is 17.5. The molecule has 0 aliphatic carbocycles. The van der Waals surface area contributed by atoms with Crippen LogP contribution in [0.25, 0.3) is 0 Å². The summed E-state index contributed by atoms with van der Waals surface area (Å²) in [5.74, 6) is 1.21. The number of aryl methyl sites for hydroxylation is 1. The minimum atomic E-state index is -0.399. The molecule has 1 saturated heterocycles. The molecule has 2 aromatic rings. The maximum atomic E-state index is 11.1. The summed E-state index contributed by atoms with van der Waals surface area (Å²) in [6.07, 6.45) is 5.86. The number of ether oxygens (including phenoxy) is 3. The van der Waals surface area contributed by atoms with Crippen molar-refractivity contribution in [2.45, 2.75) is 45.5 Å². The van der Waals surface area contributed by atoms with Gasteiger partial charge in [-0.2, -0.15) is 0 Å². The van der Waals surface area contributed by atoms with Gasteiger partial charge in [0.25, 0.3) is 0 Å². The first-order valence-electron chi connectivity index (χ1n) is 10.2. The van der Waals surface area contributed by atoms with Crippen LogP contribution in [0.3, 0.4) is 0 Å². The largest absolute Gasteiger partial charge is 0.496 e. The fraction of sp³-hybridized carbons (Fsp3) is 0.400. The molecule has 154 valence electrons. The normalized spacial score (nSPS) is 22.0. The third-order valence-electron chi connectivity index (χ3n) is 5.19. The first kappa shape index (κ1) is 21.3. The van der Waals surface area contributed by atoms with E-state index < -0.39 is 6.29 Å². The third kappa shape index (κ3) is 5.78. The van der Waals surface area contributed by atoms with Gasteiger partial charge in [0.1, 0.15) is 11.5 Å². The van der Waals surface area contributed by atoms with Crippen LogP contribution < -0.4 is 4.74 Å². The number of carbonyl (C=O) groups excluding carboxylic acids is 1. The minimum Gasteiger partial charge on any atom is -0.496 e. The number of ketones is 1. The van der Waals surface area contributed by atoms with Gasteiger partial charge in [0.15, 0.2) is 6.29 Å². The molecule has 0 spiro atoms. The maximum Gasteiger partial charge on any atom is 0.184 e. The first-order chi connectivity index (χ1) is 14.1. The molecule has 0 aromatic heterocycles. The standard InChI is InChI=1S/C25H30O4/c1-18-14-15-23(27-3)22(16-18)24-21(13-9-4-6-10-19(2)26)17-28-25(29-24)20-11-7-5-8-12-20/h4-5,7-9,11-12,14-16,21,24-25H,6,10,13,17H2,1-3H3/b9-4-/t21-,24+,25+/m1/s1. The van der Waals surface area contributed by atoms with Crippen LogP contribution in [0.4, 0.5) is 0 Å². The quantitative estimate of drug-likeness (QED) is 0.537. The fourth-order valence-corrected chi connectivity index (χ4v) is 3.64. The average Bonchev–Trinajstić information content (AvgIpc) is 2.74. The molecule has 0 amide bonds. The zero-order valence-corrected chi connectivity index (χ0v) is 17.5. The van der Waals surface area contributed by atoms with E-state index in [1.165, 1.54) is 5.56 Å². The van der Waals surface area contributed by atoms with Crippen molar-refractivity contribution in [3.8, 4) is 5.75 Å². The number of methoxy groups -OCH3 is 1. The van der Waals surface area contributed by atoms with Crippen molar-refractivity contribution < 1.29 is 19.0 Å². The molecule has 0 N–H and O–H groups in total. The highest BCUT2D eigenvalue weighted by Gasteiger charge is 2.34. The van der Waals surface area contributed by atoms with Crippen molar-refractivity contribution in [3.05, 3.63) is 77.4 Å². The molecule has 1 fully saturated rings. The Morgan fingerprint density at radius 2 is 1.97 bits per heavy atom. The highest BCUT2D eigenvalue weighted by molar-refractivity contribution is 5.75. The maximum absolute atomic E-state index is 11.1. The monoisotopic (exact) mass is 394 g/mol. The number of carbonyl (C=O) groups is 1. The molecule has 0 bridgehead atoms. The van der Waals surface area contributed by atoms with Gasteiger partial charge < -0.3 is 19.0 Å². The van der Waals surface area contributed by atoms with Gasteiger partial charge in [0, 0.05) is 23.5 Å². The second-order valence-corrected chi connectivity index (χ2v) is 7.59. The average molecular weight is 395 g/mol. The molecule has 1 aliphatic heterocycles. The number of hydrogen-bond acceptors (Lipinski definition) is 4. The number of benzene rings is 2. The van der Waals surface area contributed by atoms with E-state index in [9.17, 15) is 4.79 Å². The summed E-state index contributed by atoms with van der Waals surface area (Å²) >= 11 is 0. The van der Waals surface area contributed by atoms with Crippen LogP contribution in [-0.4, -0.2) is 19.5 Å². The van der Waals surface area contributed by atoms with Gasteiger partial charge in [-0.1, -0.05) is 54.1 Å². The molecular formula is C25H30O4. The summed E-state index contributed by atoms with van der Waals surface area (Å²) in [4.78, 5) is 11.1. The Hall–Kier alpha value is -2.43. The zero-order chi connectivity index (χ0) is 20.6.